The molecule has 2 aromatic rings. The first-order valence-electron chi connectivity index (χ1n) is 6.09. The highest BCUT2D eigenvalue weighted by molar-refractivity contribution is 9.10. The molecule has 20 heavy (non-hydrogen) atoms. The molecule has 0 heterocycles. The van der Waals surface area contributed by atoms with Gasteiger partial charge in [-0.05, 0) is 37.3 Å². The maximum absolute atomic E-state index is 6.12. The van der Waals surface area contributed by atoms with Crippen LogP contribution < -0.4 is 10.5 Å². The van der Waals surface area contributed by atoms with E-state index in [-0.39, 0.29) is 6.04 Å². The van der Waals surface area contributed by atoms with Gasteiger partial charge in [-0.15, -0.1) is 0 Å². The van der Waals surface area contributed by atoms with Gasteiger partial charge in [0, 0.05) is 31.7 Å². The van der Waals surface area contributed by atoms with E-state index >= 15 is 0 Å². The second kappa shape index (κ2) is 6.81. The zero-order valence-corrected chi connectivity index (χ0v) is 14.0. The Hall–Kier alpha value is -0.740. The molecule has 0 bridgehead atoms. The molecule has 0 spiro atoms. The molecular formula is C15H14BrCl2NO. The molecule has 5 heteroatoms. The molecule has 0 radical (unpaired) electrons. The lowest BCUT2D eigenvalue weighted by Crippen LogP contribution is -2.08. The maximum Gasteiger partial charge on any atom is 0.125 e. The average molecular weight is 375 g/mol. The third kappa shape index (κ3) is 3.89. The van der Waals surface area contributed by atoms with Crippen molar-refractivity contribution >= 4 is 39.1 Å². The number of halogens is 3. The summed E-state index contributed by atoms with van der Waals surface area (Å²) in [5, 5.41) is 1.27. The first-order valence-corrected chi connectivity index (χ1v) is 7.64. The smallest absolute Gasteiger partial charge is 0.125 e. The summed E-state index contributed by atoms with van der Waals surface area (Å²) in [5.41, 5.74) is 7.74. The summed E-state index contributed by atoms with van der Waals surface area (Å²) >= 11 is 15.5. The first-order chi connectivity index (χ1) is 9.47. The number of benzene rings is 2. The minimum Gasteiger partial charge on any atom is -0.488 e. The molecule has 2 nitrogen and oxygen atoms in total. The number of ether oxygens (including phenoxy) is 1. The number of rotatable bonds is 4. The van der Waals surface area contributed by atoms with Crippen LogP contribution in [0.2, 0.25) is 10.0 Å². The van der Waals surface area contributed by atoms with Gasteiger partial charge < -0.3 is 10.5 Å². The molecule has 1 atom stereocenters. The third-order valence-corrected chi connectivity index (χ3v) is 3.95. The number of hydrogen-bond donors (Lipinski definition) is 1. The van der Waals surface area contributed by atoms with Crippen molar-refractivity contribution < 1.29 is 4.74 Å². The average Bonchev–Trinajstić information content (AvgIpc) is 2.39. The molecule has 0 saturated heterocycles. The van der Waals surface area contributed by atoms with Gasteiger partial charge in [-0.25, -0.2) is 0 Å². The van der Waals surface area contributed by atoms with Gasteiger partial charge in [0.2, 0.25) is 0 Å². The largest absolute Gasteiger partial charge is 0.488 e. The molecule has 0 fully saturated rings. The van der Waals surface area contributed by atoms with E-state index in [0.717, 1.165) is 21.3 Å². The van der Waals surface area contributed by atoms with Crippen molar-refractivity contribution in [3.8, 4) is 5.75 Å². The number of hydrogen-bond acceptors (Lipinski definition) is 2. The molecule has 0 aromatic heterocycles. The van der Waals surface area contributed by atoms with E-state index in [1.54, 1.807) is 18.2 Å². The second-order valence-electron chi connectivity index (χ2n) is 4.50. The van der Waals surface area contributed by atoms with Crippen molar-refractivity contribution in [3.05, 3.63) is 62.0 Å². The summed E-state index contributed by atoms with van der Waals surface area (Å²) < 4.78 is 6.79. The van der Waals surface area contributed by atoms with Crippen LogP contribution in [0.1, 0.15) is 24.1 Å². The fourth-order valence-corrected chi connectivity index (χ4v) is 2.53. The first kappa shape index (κ1) is 15.6. The molecular weight excluding hydrogens is 361 g/mol. The second-order valence-corrected chi connectivity index (χ2v) is 6.25. The van der Waals surface area contributed by atoms with Gasteiger partial charge in [-0.1, -0.05) is 45.2 Å². The van der Waals surface area contributed by atoms with Crippen LogP contribution in [0.3, 0.4) is 0 Å². The lowest BCUT2D eigenvalue weighted by Gasteiger charge is -2.15. The van der Waals surface area contributed by atoms with E-state index < -0.39 is 0 Å². The van der Waals surface area contributed by atoms with Gasteiger partial charge >= 0.3 is 0 Å². The number of nitrogens with two attached hydrogens (primary N) is 1. The Balaban J connectivity index is 2.22. The summed E-state index contributed by atoms with van der Waals surface area (Å²) in [6, 6.07) is 11.0. The lowest BCUT2D eigenvalue weighted by molar-refractivity contribution is 0.301. The Morgan fingerprint density at radius 3 is 2.65 bits per heavy atom. The molecule has 0 unspecified atom stereocenters. The van der Waals surface area contributed by atoms with Crippen LogP contribution in [0, 0.1) is 0 Å². The van der Waals surface area contributed by atoms with Crippen LogP contribution in [0.15, 0.2) is 40.9 Å². The zero-order chi connectivity index (χ0) is 14.7. The van der Waals surface area contributed by atoms with Crippen LogP contribution in [-0.4, -0.2) is 0 Å². The molecule has 0 saturated carbocycles. The predicted octanol–water partition coefficient (Wildman–Crippen LogP) is 5.35. The van der Waals surface area contributed by atoms with Crippen molar-refractivity contribution in [3.63, 3.8) is 0 Å². The van der Waals surface area contributed by atoms with Crippen LogP contribution in [0.4, 0.5) is 0 Å². The Morgan fingerprint density at radius 2 is 1.95 bits per heavy atom. The highest BCUT2D eigenvalue weighted by Crippen LogP contribution is 2.29. The highest BCUT2D eigenvalue weighted by Gasteiger charge is 2.10. The van der Waals surface area contributed by atoms with Crippen LogP contribution in [-0.2, 0) is 6.61 Å². The van der Waals surface area contributed by atoms with Crippen molar-refractivity contribution in [1.82, 2.24) is 0 Å². The minimum absolute atomic E-state index is 0.104. The summed E-state index contributed by atoms with van der Waals surface area (Å²) in [6.45, 7) is 2.26. The van der Waals surface area contributed by atoms with Gasteiger partial charge in [0.25, 0.3) is 0 Å². The normalized spacial score (nSPS) is 12.2. The standard InChI is InChI=1S/C15H14BrCl2NO/c1-9(19)13-4-2-11(16)7-15(13)20-8-10-6-12(17)3-5-14(10)18/h2-7,9H,8,19H2,1H3/t9-/m0/s1. The van der Waals surface area contributed by atoms with E-state index in [9.17, 15) is 0 Å². The third-order valence-electron chi connectivity index (χ3n) is 2.86. The molecule has 0 amide bonds. The Kier molecular flexibility index (Phi) is 5.33. The highest BCUT2D eigenvalue weighted by atomic mass is 79.9. The van der Waals surface area contributed by atoms with E-state index in [1.165, 1.54) is 0 Å². The SMILES string of the molecule is C[C@H](N)c1ccc(Br)cc1OCc1cc(Cl)ccc1Cl. The van der Waals surface area contributed by atoms with Gasteiger partial charge in [0.15, 0.2) is 0 Å². The predicted molar refractivity (Wildman–Crippen MR) is 87.5 cm³/mol. The molecule has 2 aromatic carbocycles. The molecule has 2 N–H and O–H groups in total. The van der Waals surface area contributed by atoms with E-state index in [0.29, 0.717) is 16.7 Å². The molecule has 2 rings (SSSR count). The zero-order valence-electron chi connectivity index (χ0n) is 10.9. The van der Waals surface area contributed by atoms with Crippen molar-refractivity contribution in [1.29, 1.82) is 0 Å². The maximum atomic E-state index is 6.12. The van der Waals surface area contributed by atoms with E-state index in [4.69, 9.17) is 33.7 Å². The topological polar surface area (TPSA) is 35.2 Å². The summed E-state index contributed by atoms with van der Waals surface area (Å²) in [7, 11) is 0. The van der Waals surface area contributed by atoms with Gasteiger partial charge in [-0.2, -0.15) is 0 Å². The lowest BCUT2D eigenvalue weighted by atomic mass is 10.1. The Bertz CT molecular complexity index is 617. The van der Waals surface area contributed by atoms with Gasteiger partial charge in [0.05, 0.1) is 0 Å². The van der Waals surface area contributed by atoms with Crippen LogP contribution >= 0.6 is 39.1 Å². The summed E-state index contributed by atoms with van der Waals surface area (Å²) in [5.74, 6) is 0.741. The van der Waals surface area contributed by atoms with Gasteiger partial charge in [0.1, 0.15) is 12.4 Å². The fraction of sp³-hybridized carbons (Fsp3) is 0.200. The molecule has 0 aliphatic heterocycles. The minimum atomic E-state index is -0.104. The van der Waals surface area contributed by atoms with Crippen LogP contribution in [0.5, 0.6) is 5.75 Å². The van der Waals surface area contributed by atoms with E-state index in [1.807, 2.05) is 25.1 Å². The Labute approximate surface area is 137 Å². The van der Waals surface area contributed by atoms with Gasteiger partial charge in [-0.3, -0.25) is 0 Å². The Morgan fingerprint density at radius 1 is 1.20 bits per heavy atom. The monoisotopic (exact) mass is 373 g/mol. The molecule has 106 valence electrons. The quantitative estimate of drug-likeness (QED) is 0.782. The molecule has 0 aliphatic rings. The van der Waals surface area contributed by atoms with E-state index in [2.05, 4.69) is 15.9 Å². The summed E-state index contributed by atoms with van der Waals surface area (Å²) in [4.78, 5) is 0. The van der Waals surface area contributed by atoms with Crippen molar-refractivity contribution in [2.75, 3.05) is 0 Å². The van der Waals surface area contributed by atoms with Crippen molar-refractivity contribution in [2.45, 2.75) is 19.6 Å². The van der Waals surface area contributed by atoms with Crippen molar-refractivity contribution in [2.24, 2.45) is 5.73 Å². The molecule has 0 aliphatic carbocycles. The van der Waals surface area contributed by atoms with Crippen LogP contribution in [0.25, 0.3) is 0 Å². The summed E-state index contributed by atoms with van der Waals surface area (Å²) in [6.07, 6.45) is 0. The fourth-order valence-electron chi connectivity index (χ4n) is 1.82.